The SMILES string of the molecule is C#CC(C=Cc1cccs1)OC(=O)C1C(C=C(C)C)C1(C)C. The number of hydrogen-bond donors (Lipinski definition) is 0. The third kappa shape index (κ3) is 3.69. The van der Waals surface area contributed by atoms with Crippen molar-refractivity contribution < 1.29 is 9.53 Å². The lowest BCUT2D eigenvalue weighted by atomic mass is 10.1. The zero-order valence-corrected chi connectivity index (χ0v) is 14.3. The molecule has 1 heterocycles. The number of ether oxygens (including phenoxy) is 1. The van der Waals surface area contributed by atoms with E-state index in [0.717, 1.165) is 4.88 Å². The van der Waals surface area contributed by atoms with Gasteiger partial charge in [0.15, 0.2) is 6.10 Å². The predicted molar refractivity (Wildman–Crippen MR) is 92.3 cm³/mol. The van der Waals surface area contributed by atoms with E-state index in [1.807, 2.05) is 37.4 Å². The van der Waals surface area contributed by atoms with Gasteiger partial charge in [-0.15, -0.1) is 17.8 Å². The van der Waals surface area contributed by atoms with Gasteiger partial charge in [-0.25, -0.2) is 0 Å². The normalized spacial score (nSPS) is 23.6. The molecule has 3 atom stereocenters. The van der Waals surface area contributed by atoms with Crippen LogP contribution in [0.1, 0.15) is 32.6 Å². The average Bonchev–Trinajstić information content (AvgIpc) is 2.83. The highest BCUT2D eigenvalue weighted by molar-refractivity contribution is 7.10. The summed E-state index contributed by atoms with van der Waals surface area (Å²) in [5.74, 6) is 2.45. The van der Waals surface area contributed by atoms with E-state index in [-0.39, 0.29) is 23.2 Å². The van der Waals surface area contributed by atoms with Gasteiger partial charge in [0.2, 0.25) is 0 Å². The minimum Gasteiger partial charge on any atom is -0.445 e. The van der Waals surface area contributed by atoms with E-state index in [1.165, 1.54) is 5.57 Å². The Morgan fingerprint density at radius 3 is 2.77 bits per heavy atom. The second-order valence-electron chi connectivity index (χ2n) is 6.47. The summed E-state index contributed by atoms with van der Waals surface area (Å²) in [6, 6.07) is 3.96. The van der Waals surface area contributed by atoms with Crippen LogP contribution in [0.15, 0.2) is 35.2 Å². The Hall–Kier alpha value is -1.79. The number of carbonyl (C=O) groups is 1. The van der Waals surface area contributed by atoms with E-state index in [1.54, 1.807) is 17.4 Å². The minimum atomic E-state index is -0.613. The number of carbonyl (C=O) groups excluding carboxylic acids is 1. The van der Waals surface area contributed by atoms with Crippen molar-refractivity contribution in [3.63, 3.8) is 0 Å². The third-order valence-corrected chi connectivity index (χ3v) is 4.90. The molecule has 0 N–H and O–H groups in total. The van der Waals surface area contributed by atoms with Crippen molar-refractivity contribution >= 4 is 23.4 Å². The Morgan fingerprint density at radius 2 is 2.23 bits per heavy atom. The summed E-state index contributed by atoms with van der Waals surface area (Å²) >= 11 is 1.62. The Kier molecular flexibility index (Phi) is 4.93. The number of allylic oxidation sites excluding steroid dienone is 2. The molecular weight excluding hydrogens is 292 g/mol. The molecule has 1 saturated carbocycles. The second-order valence-corrected chi connectivity index (χ2v) is 7.45. The standard InChI is InChI=1S/C19H22O2S/c1-6-14(9-10-15-8-7-11-22-15)21-18(20)17-16(12-13(2)3)19(17,4)5/h1,7-12,14,16-17H,2-5H3. The number of rotatable bonds is 5. The van der Waals surface area contributed by atoms with Crippen molar-refractivity contribution in [2.24, 2.45) is 17.3 Å². The molecule has 3 unspecified atom stereocenters. The fourth-order valence-corrected chi connectivity index (χ4v) is 3.32. The van der Waals surface area contributed by atoms with E-state index in [0.29, 0.717) is 0 Å². The number of hydrogen-bond acceptors (Lipinski definition) is 3. The molecule has 1 aliphatic carbocycles. The van der Waals surface area contributed by atoms with Gasteiger partial charge in [0.05, 0.1) is 5.92 Å². The van der Waals surface area contributed by atoms with Crippen molar-refractivity contribution in [1.29, 1.82) is 0 Å². The average molecular weight is 314 g/mol. The van der Waals surface area contributed by atoms with Gasteiger partial charge in [0.1, 0.15) is 0 Å². The first kappa shape index (κ1) is 16.6. The van der Waals surface area contributed by atoms with Crippen LogP contribution in [0, 0.1) is 29.6 Å². The summed E-state index contributed by atoms with van der Waals surface area (Å²) in [4.78, 5) is 13.5. The van der Waals surface area contributed by atoms with Crippen LogP contribution in [0.2, 0.25) is 0 Å². The van der Waals surface area contributed by atoms with E-state index in [4.69, 9.17) is 11.2 Å². The van der Waals surface area contributed by atoms with Crippen LogP contribution in [0.25, 0.3) is 6.08 Å². The van der Waals surface area contributed by atoms with Gasteiger partial charge in [0.25, 0.3) is 0 Å². The Labute approximate surface area is 136 Å². The topological polar surface area (TPSA) is 26.3 Å². The molecule has 0 amide bonds. The van der Waals surface area contributed by atoms with E-state index >= 15 is 0 Å². The van der Waals surface area contributed by atoms with Crippen LogP contribution in [-0.2, 0) is 9.53 Å². The maximum Gasteiger partial charge on any atom is 0.311 e. The van der Waals surface area contributed by atoms with Gasteiger partial charge < -0.3 is 4.74 Å². The molecule has 116 valence electrons. The molecule has 0 spiro atoms. The van der Waals surface area contributed by atoms with Gasteiger partial charge in [-0.3, -0.25) is 4.79 Å². The third-order valence-electron chi connectivity index (χ3n) is 4.06. The number of terminal acetylenes is 1. The summed E-state index contributed by atoms with van der Waals surface area (Å²) in [6.07, 6.45) is 10.7. The van der Waals surface area contributed by atoms with Gasteiger partial charge in [0, 0.05) is 4.88 Å². The first-order valence-electron chi connectivity index (χ1n) is 7.39. The minimum absolute atomic E-state index is 0.0506. The van der Waals surface area contributed by atoms with Crippen LogP contribution >= 0.6 is 11.3 Å². The lowest BCUT2D eigenvalue weighted by Crippen LogP contribution is -2.17. The number of esters is 1. The van der Waals surface area contributed by atoms with Crippen LogP contribution < -0.4 is 0 Å². The van der Waals surface area contributed by atoms with Crippen molar-refractivity contribution in [2.45, 2.75) is 33.8 Å². The van der Waals surface area contributed by atoms with Crippen LogP contribution in [0.3, 0.4) is 0 Å². The predicted octanol–water partition coefficient (Wildman–Crippen LogP) is 4.54. The molecular formula is C19H22O2S. The molecule has 22 heavy (non-hydrogen) atoms. The lowest BCUT2D eigenvalue weighted by Gasteiger charge is -2.09. The second kappa shape index (κ2) is 6.54. The smallest absolute Gasteiger partial charge is 0.311 e. The molecule has 2 rings (SSSR count). The molecule has 0 aliphatic heterocycles. The molecule has 1 fully saturated rings. The zero-order chi connectivity index (χ0) is 16.3. The first-order chi connectivity index (χ1) is 10.4. The van der Waals surface area contributed by atoms with Gasteiger partial charge in [-0.1, -0.05) is 37.5 Å². The van der Waals surface area contributed by atoms with E-state index in [9.17, 15) is 4.79 Å². The first-order valence-corrected chi connectivity index (χ1v) is 8.27. The van der Waals surface area contributed by atoms with Crippen LogP contribution in [0.5, 0.6) is 0 Å². The molecule has 2 nitrogen and oxygen atoms in total. The summed E-state index contributed by atoms with van der Waals surface area (Å²) in [6.45, 7) is 8.28. The quantitative estimate of drug-likeness (QED) is 0.453. The molecule has 0 aromatic carbocycles. The monoisotopic (exact) mass is 314 g/mol. The maximum absolute atomic E-state index is 12.4. The fourth-order valence-electron chi connectivity index (χ4n) is 2.69. The largest absolute Gasteiger partial charge is 0.445 e. The van der Waals surface area contributed by atoms with Crippen molar-refractivity contribution in [3.8, 4) is 12.3 Å². The van der Waals surface area contributed by atoms with Gasteiger partial charge >= 0.3 is 5.97 Å². The van der Waals surface area contributed by atoms with Crippen molar-refractivity contribution in [1.82, 2.24) is 0 Å². The molecule has 0 saturated heterocycles. The highest BCUT2D eigenvalue weighted by Crippen LogP contribution is 2.59. The van der Waals surface area contributed by atoms with E-state index in [2.05, 4.69) is 25.8 Å². The zero-order valence-electron chi connectivity index (χ0n) is 13.5. The summed E-state index contributed by atoms with van der Waals surface area (Å²) in [5.41, 5.74) is 1.17. The molecule has 1 aliphatic rings. The molecule has 0 radical (unpaired) electrons. The molecule has 3 heteroatoms. The summed E-state index contributed by atoms with van der Waals surface area (Å²) < 4.78 is 5.48. The van der Waals surface area contributed by atoms with Crippen LogP contribution in [0.4, 0.5) is 0 Å². The molecule has 0 bridgehead atoms. The Morgan fingerprint density at radius 1 is 1.50 bits per heavy atom. The number of thiophene rings is 1. The van der Waals surface area contributed by atoms with Crippen molar-refractivity contribution in [3.05, 3.63) is 40.1 Å². The molecule has 1 aromatic rings. The van der Waals surface area contributed by atoms with Gasteiger partial charge in [-0.05, 0) is 48.8 Å². The molecule has 1 aromatic heterocycles. The van der Waals surface area contributed by atoms with Crippen LogP contribution in [-0.4, -0.2) is 12.1 Å². The fraction of sp³-hybridized carbons (Fsp3) is 0.421. The maximum atomic E-state index is 12.4. The van der Waals surface area contributed by atoms with Gasteiger partial charge in [-0.2, -0.15) is 0 Å². The highest BCUT2D eigenvalue weighted by Gasteiger charge is 2.61. The summed E-state index contributed by atoms with van der Waals surface area (Å²) in [7, 11) is 0. The lowest BCUT2D eigenvalue weighted by molar-refractivity contribution is -0.147. The Balaban J connectivity index is 1.99. The Bertz CT molecular complexity index is 625. The van der Waals surface area contributed by atoms with E-state index < -0.39 is 6.10 Å². The van der Waals surface area contributed by atoms with Crippen molar-refractivity contribution in [2.75, 3.05) is 0 Å². The summed E-state index contributed by atoms with van der Waals surface area (Å²) in [5, 5.41) is 1.99. The highest BCUT2D eigenvalue weighted by atomic mass is 32.1.